The number of hydrogen-bond acceptors (Lipinski definition) is 5. The Morgan fingerprint density at radius 1 is 1.30 bits per heavy atom. The molecule has 2 aromatic rings. The van der Waals surface area contributed by atoms with Gasteiger partial charge in [0.05, 0.1) is 23.8 Å². The smallest absolute Gasteiger partial charge is 0.255 e. The van der Waals surface area contributed by atoms with Gasteiger partial charge in [-0.05, 0) is 56.0 Å². The number of hydrogen-bond donors (Lipinski definition) is 1. The lowest BCUT2D eigenvalue weighted by atomic mass is 10.0. The van der Waals surface area contributed by atoms with E-state index in [1.807, 2.05) is 39.2 Å². The zero-order valence-corrected chi connectivity index (χ0v) is 19.3. The molecule has 1 fully saturated rings. The van der Waals surface area contributed by atoms with Gasteiger partial charge in [-0.2, -0.15) is 0 Å². The molecule has 1 unspecified atom stereocenters. The Morgan fingerprint density at radius 3 is 2.70 bits per heavy atom. The minimum Gasteiger partial charge on any atom is -0.598 e. The average Bonchev–Trinajstić information content (AvgIpc) is 2.78. The van der Waals surface area contributed by atoms with Gasteiger partial charge in [0, 0.05) is 48.1 Å². The Labute approximate surface area is 186 Å². The SMILES string of the molecule is CCc1cc(Cl)ccc1C(=O)Nc1cncc(N(C)C2CCN([S+]([O-])CC)CC2)c1. The molecule has 8 heteroatoms. The summed E-state index contributed by atoms with van der Waals surface area (Å²) in [6.45, 7) is 5.61. The predicted molar refractivity (Wildman–Crippen MR) is 125 cm³/mol. The van der Waals surface area contributed by atoms with Gasteiger partial charge in [-0.15, -0.1) is 4.31 Å². The number of halogens is 1. The van der Waals surface area contributed by atoms with E-state index in [0.717, 1.165) is 43.6 Å². The molecular weight excluding hydrogens is 420 g/mol. The largest absolute Gasteiger partial charge is 0.598 e. The number of carbonyl (C=O) groups excluding carboxylic acids is 1. The van der Waals surface area contributed by atoms with Crippen LogP contribution in [0, 0.1) is 0 Å². The van der Waals surface area contributed by atoms with Gasteiger partial charge in [0.2, 0.25) is 0 Å². The van der Waals surface area contributed by atoms with Crippen molar-refractivity contribution in [1.82, 2.24) is 9.29 Å². The molecule has 0 bridgehead atoms. The number of pyridine rings is 1. The van der Waals surface area contributed by atoms with Crippen molar-refractivity contribution in [3.8, 4) is 0 Å². The van der Waals surface area contributed by atoms with Crippen molar-refractivity contribution in [2.45, 2.75) is 39.2 Å². The lowest BCUT2D eigenvalue weighted by Crippen LogP contribution is -2.46. The Hall–Kier alpha value is -1.80. The number of nitrogens with zero attached hydrogens (tertiary/aromatic N) is 3. The monoisotopic (exact) mass is 448 g/mol. The number of benzene rings is 1. The lowest BCUT2D eigenvalue weighted by Gasteiger charge is -2.37. The molecular formula is C22H29ClN4O2S. The Bertz CT molecular complexity index is 874. The molecule has 1 N–H and O–H groups in total. The van der Waals surface area contributed by atoms with Crippen LogP contribution in [-0.2, 0) is 17.8 Å². The van der Waals surface area contributed by atoms with Gasteiger partial charge in [0.15, 0.2) is 0 Å². The molecule has 1 aliphatic heterocycles. The third-order valence-corrected chi connectivity index (χ3v) is 7.26. The second-order valence-corrected chi connectivity index (χ2v) is 9.60. The Balaban J connectivity index is 1.67. The van der Waals surface area contributed by atoms with Gasteiger partial charge in [-0.25, -0.2) is 0 Å². The molecule has 0 radical (unpaired) electrons. The van der Waals surface area contributed by atoms with Gasteiger partial charge in [-0.3, -0.25) is 9.78 Å². The van der Waals surface area contributed by atoms with Gasteiger partial charge in [0.25, 0.3) is 5.91 Å². The van der Waals surface area contributed by atoms with Crippen molar-refractivity contribution in [2.75, 3.05) is 36.1 Å². The van der Waals surface area contributed by atoms with E-state index in [2.05, 4.69) is 19.5 Å². The fourth-order valence-electron chi connectivity index (χ4n) is 3.79. The summed E-state index contributed by atoms with van der Waals surface area (Å²) in [6, 6.07) is 7.62. The molecule has 1 saturated heterocycles. The zero-order valence-electron chi connectivity index (χ0n) is 17.7. The number of aromatic nitrogens is 1. The van der Waals surface area contributed by atoms with E-state index in [1.54, 1.807) is 18.3 Å². The van der Waals surface area contributed by atoms with Crippen molar-refractivity contribution in [2.24, 2.45) is 0 Å². The number of anilines is 2. The first-order valence-electron chi connectivity index (χ1n) is 10.3. The normalized spacial score (nSPS) is 16.3. The fourth-order valence-corrected chi connectivity index (χ4v) is 4.97. The molecule has 1 aromatic carbocycles. The Morgan fingerprint density at radius 2 is 2.03 bits per heavy atom. The number of aryl methyl sites for hydroxylation is 1. The second kappa shape index (κ2) is 10.5. The lowest BCUT2D eigenvalue weighted by molar-refractivity contribution is 0.102. The maximum Gasteiger partial charge on any atom is 0.255 e. The first kappa shape index (κ1) is 22.9. The first-order valence-corrected chi connectivity index (χ1v) is 12.0. The maximum absolute atomic E-state index is 12.8. The van der Waals surface area contributed by atoms with Crippen LogP contribution < -0.4 is 10.2 Å². The summed E-state index contributed by atoms with van der Waals surface area (Å²) < 4.78 is 14.1. The van der Waals surface area contributed by atoms with Crippen LogP contribution in [-0.4, -0.2) is 51.7 Å². The molecule has 0 saturated carbocycles. The third-order valence-electron chi connectivity index (χ3n) is 5.59. The molecule has 2 heterocycles. The van der Waals surface area contributed by atoms with Gasteiger partial charge in [0.1, 0.15) is 5.75 Å². The van der Waals surface area contributed by atoms with E-state index >= 15 is 0 Å². The highest BCUT2D eigenvalue weighted by molar-refractivity contribution is 7.89. The minimum absolute atomic E-state index is 0.166. The van der Waals surface area contributed by atoms with Crippen LogP contribution in [0.1, 0.15) is 42.6 Å². The van der Waals surface area contributed by atoms with Crippen molar-refractivity contribution < 1.29 is 9.35 Å². The van der Waals surface area contributed by atoms with Crippen LogP contribution in [0.5, 0.6) is 0 Å². The van der Waals surface area contributed by atoms with E-state index in [4.69, 9.17) is 11.6 Å². The number of nitrogens with one attached hydrogen (secondary N) is 1. The third kappa shape index (κ3) is 5.46. The molecule has 1 amide bonds. The van der Waals surface area contributed by atoms with Gasteiger partial charge in [-0.1, -0.05) is 18.5 Å². The van der Waals surface area contributed by atoms with Crippen molar-refractivity contribution in [3.63, 3.8) is 0 Å². The molecule has 0 spiro atoms. The van der Waals surface area contributed by atoms with Crippen LogP contribution >= 0.6 is 11.6 Å². The van der Waals surface area contributed by atoms with Crippen LogP contribution in [0.4, 0.5) is 11.4 Å². The van der Waals surface area contributed by atoms with Gasteiger partial charge >= 0.3 is 0 Å². The van der Waals surface area contributed by atoms with Gasteiger partial charge < -0.3 is 14.8 Å². The number of carbonyl (C=O) groups is 1. The standard InChI is InChI=1S/C22H29ClN4O2S/c1-4-16-12-17(23)6-7-21(16)22(28)25-18-13-20(15-24-14-18)26(3)19-8-10-27(11-9-19)30(29)5-2/h6-7,12-15,19H,4-5,8-11H2,1-3H3,(H,25,28). The Kier molecular flexibility index (Phi) is 7.99. The van der Waals surface area contributed by atoms with E-state index in [-0.39, 0.29) is 5.91 Å². The van der Waals surface area contributed by atoms with Crippen molar-refractivity contribution in [1.29, 1.82) is 0 Å². The highest BCUT2D eigenvalue weighted by Crippen LogP contribution is 2.25. The summed E-state index contributed by atoms with van der Waals surface area (Å²) in [5.41, 5.74) is 3.15. The second-order valence-electron chi connectivity index (χ2n) is 7.42. The summed E-state index contributed by atoms with van der Waals surface area (Å²) in [4.78, 5) is 19.3. The summed E-state index contributed by atoms with van der Waals surface area (Å²) >= 11 is 5.18. The summed E-state index contributed by atoms with van der Waals surface area (Å²) in [5.74, 6) is 0.500. The molecule has 3 rings (SSSR count). The minimum atomic E-state index is -0.872. The molecule has 1 aromatic heterocycles. The maximum atomic E-state index is 12.8. The quantitative estimate of drug-likeness (QED) is 0.644. The van der Waals surface area contributed by atoms with Crippen LogP contribution in [0.25, 0.3) is 0 Å². The molecule has 162 valence electrons. The first-order chi connectivity index (χ1) is 14.4. The average molecular weight is 449 g/mol. The molecule has 1 atom stereocenters. The molecule has 0 aliphatic carbocycles. The number of rotatable bonds is 7. The van der Waals surface area contributed by atoms with Crippen molar-refractivity contribution >= 4 is 40.2 Å². The highest BCUT2D eigenvalue weighted by atomic mass is 35.5. The predicted octanol–water partition coefficient (Wildman–Crippen LogP) is 4.13. The van der Waals surface area contributed by atoms with E-state index in [1.165, 1.54) is 0 Å². The highest BCUT2D eigenvalue weighted by Gasteiger charge is 2.28. The van der Waals surface area contributed by atoms with Crippen LogP contribution in [0.3, 0.4) is 0 Å². The molecule has 1 aliphatic rings. The summed E-state index contributed by atoms with van der Waals surface area (Å²) in [6.07, 6.45) is 6.09. The summed E-state index contributed by atoms with van der Waals surface area (Å²) in [5, 5.41) is 3.59. The van der Waals surface area contributed by atoms with E-state index < -0.39 is 11.4 Å². The van der Waals surface area contributed by atoms with Crippen molar-refractivity contribution in [3.05, 3.63) is 52.8 Å². The zero-order chi connectivity index (χ0) is 21.7. The van der Waals surface area contributed by atoms with Crippen LogP contribution in [0.15, 0.2) is 36.7 Å². The topological polar surface area (TPSA) is 71.5 Å². The van der Waals surface area contributed by atoms with E-state index in [9.17, 15) is 9.35 Å². The van der Waals surface area contributed by atoms with E-state index in [0.29, 0.717) is 28.1 Å². The molecule has 6 nitrogen and oxygen atoms in total. The fraction of sp³-hybridized carbons (Fsp3) is 0.455. The molecule has 30 heavy (non-hydrogen) atoms. The summed E-state index contributed by atoms with van der Waals surface area (Å²) in [7, 11) is 2.05. The number of amides is 1. The number of piperidine rings is 1. The van der Waals surface area contributed by atoms with Crippen LogP contribution in [0.2, 0.25) is 5.02 Å².